The molecule has 0 aliphatic rings. The van der Waals surface area contributed by atoms with Crippen molar-refractivity contribution in [2.45, 2.75) is 70.8 Å². The zero-order valence-electron chi connectivity index (χ0n) is 15.2. The van der Waals surface area contributed by atoms with E-state index >= 15 is 0 Å². The van der Waals surface area contributed by atoms with Crippen LogP contribution >= 0.6 is 0 Å². The maximum absolute atomic E-state index is 10.4. The molecule has 0 saturated carbocycles. The summed E-state index contributed by atoms with van der Waals surface area (Å²) in [6, 6.07) is 0. The van der Waals surface area contributed by atoms with E-state index in [4.69, 9.17) is 15.3 Å². The van der Waals surface area contributed by atoms with Crippen LogP contribution in [0.25, 0.3) is 0 Å². The number of carboxylic acid groups (broad SMARTS) is 1. The summed E-state index contributed by atoms with van der Waals surface area (Å²) in [6.45, 7) is 2.20. The molecule has 0 heterocycles. The van der Waals surface area contributed by atoms with E-state index in [9.17, 15) is 4.79 Å². The van der Waals surface area contributed by atoms with Crippen LogP contribution in [0, 0.1) is 0 Å². The SMILES string of the molecule is CCCCC/C=C\C/C=C\C=C\[C@@H](C/C=C\CCCC(=O)O)OOO. The molecule has 0 aromatic carbocycles. The third-order valence-electron chi connectivity index (χ3n) is 3.45. The van der Waals surface area contributed by atoms with E-state index < -0.39 is 12.1 Å². The lowest BCUT2D eigenvalue weighted by Crippen LogP contribution is -2.07. The van der Waals surface area contributed by atoms with Crippen molar-refractivity contribution in [2.75, 3.05) is 0 Å². The van der Waals surface area contributed by atoms with Gasteiger partial charge in [0.15, 0.2) is 0 Å². The summed E-state index contributed by atoms with van der Waals surface area (Å²) in [6.07, 6.45) is 23.2. The minimum Gasteiger partial charge on any atom is -0.481 e. The molecule has 0 fully saturated rings. The summed E-state index contributed by atoms with van der Waals surface area (Å²) >= 11 is 0. The van der Waals surface area contributed by atoms with Crippen molar-refractivity contribution in [1.82, 2.24) is 0 Å². The molecule has 142 valence electrons. The van der Waals surface area contributed by atoms with Crippen LogP contribution in [0.2, 0.25) is 0 Å². The second-order valence-corrected chi connectivity index (χ2v) is 5.72. The quantitative estimate of drug-likeness (QED) is 0.124. The fraction of sp³-hybridized carbons (Fsp3) is 0.550. The van der Waals surface area contributed by atoms with Gasteiger partial charge in [-0.3, -0.25) is 4.79 Å². The summed E-state index contributed by atoms with van der Waals surface area (Å²) in [4.78, 5) is 15.1. The monoisotopic (exact) mass is 352 g/mol. The molecule has 0 aromatic rings. The third kappa shape index (κ3) is 18.5. The van der Waals surface area contributed by atoms with Gasteiger partial charge in [-0.15, -0.1) is 0 Å². The highest BCUT2D eigenvalue weighted by molar-refractivity contribution is 5.66. The highest BCUT2D eigenvalue weighted by Gasteiger charge is 2.03. The standard InChI is InChI=1S/C20H32O5/c1-2-3-4-5-6-7-8-9-10-13-16-19(24-25-23)17-14-11-12-15-18-20(21)22/h6-7,9-11,13-14,16,19,23H,2-5,8,12,15,17-18H2,1H3,(H,21,22)/b7-6-,10-9-,14-11-,16-13+/t19-/m0/s1. The molecule has 5 nitrogen and oxygen atoms in total. The maximum Gasteiger partial charge on any atom is 0.303 e. The summed E-state index contributed by atoms with van der Waals surface area (Å²) in [5.74, 6) is -0.784. The average Bonchev–Trinajstić information content (AvgIpc) is 2.59. The largest absolute Gasteiger partial charge is 0.481 e. The Morgan fingerprint density at radius 1 is 1.00 bits per heavy atom. The van der Waals surface area contributed by atoms with Gasteiger partial charge >= 0.3 is 5.97 Å². The fourth-order valence-corrected chi connectivity index (χ4v) is 2.07. The van der Waals surface area contributed by atoms with Crippen LogP contribution in [0.1, 0.15) is 64.7 Å². The number of hydrogen-bond donors (Lipinski definition) is 2. The number of aliphatic carboxylic acids is 1. The molecule has 0 aliphatic carbocycles. The molecule has 5 heteroatoms. The van der Waals surface area contributed by atoms with Crippen LogP contribution in [0.15, 0.2) is 48.6 Å². The van der Waals surface area contributed by atoms with Crippen molar-refractivity contribution in [3.63, 3.8) is 0 Å². The Hall–Kier alpha value is -1.69. The first kappa shape index (κ1) is 23.3. The van der Waals surface area contributed by atoms with Gasteiger partial charge in [-0.1, -0.05) is 73.4 Å². The second-order valence-electron chi connectivity index (χ2n) is 5.72. The second kappa shape index (κ2) is 18.6. The van der Waals surface area contributed by atoms with Crippen molar-refractivity contribution in [1.29, 1.82) is 0 Å². The number of carboxylic acids is 1. The molecule has 1 atom stereocenters. The zero-order valence-corrected chi connectivity index (χ0v) is 15.2. The Balaban J connectivity index is 3.95. The van der Waals surface area contributed by atoms with Gasteiger partial charge < -0.3 is 5.11 Å². The van der Waals surface area contributed by atoms with Gasteiger partial charge in [0, 0.05) is 6.42 Å². The Labute approximate surface area is 151 Å². The first-order valence-electron chi connectivity index (χ1n) is 9.02. The van der Waals surface area contributed by atoms with Gasteiger partial charge in [0.2, 0.25) is 0 Å². The molecule has 0 amide bonds. The number of allylic oxidation sites excluding steroid dienone is 6. The Morgan fingerprint density at radius 3 is 2.48 bits per heavy atom. The lowest BCUT2D eigenvalue weighted by Gasteiger charge is -2.06. The van der Waals surface area contributed by atoms with Gasteiger partial charge in [-0.25, -0.2) is 5.26 Å². The average molecular weight is 352 g/mol. The number of hydrogen-bond acceptors (Lipinski definition) is 4. The van der Waals surface area contributed by atoms with Crippen molar-refractivity contribution in [2.24, 2.45) is 0 Å². The lowest BCUT2D eigenvalue weighted by atomic mass is 10.1. The van der Waals surface area contributed by atoms with Crippen molar-refractivity contribution < 1.29 is 25.1 Å². The van der Waals surface area contributed by atoms with E-state index in [1.807, 2.05) is 30.4 Å². The number of rotatable bonds is 16. The molecule has 0 saturated heterocycles. The van der Waals surface area contributed by atoms with Gasteiger partial charge in [0.05, 0.1) is 0 Å². The normalized spacial score (nSPS) is 13.7. The number of carbonyl (C=O) groups is 1. The summed E-state index contributed by atoms with van der Waals surface area (Å²) in [5.41, 5.74) is 0. The molecular formula is C20H32O5. The predicted octanol–water partition coefficient (Wildman–Crippen LogP) is 5.62. The minimum absolute atomic E-state index is 0.168. The summed E-state index contributed by atoms with van der Waals surface area (Å²) in [7, 11) is 0. The molecule has 0 rings (SSSR count). The Kier molecular flexibility index (Phi) is 17.4. The molecule has 0 bridgehead atoms. The van der Waals surface area contributed by atoms with Crippen LogP contribution in [-0.2, 0) is 14.7 Å². The highest BCUT2D eigenvalue weighted by Crippen LogP contribution is 2.05. The van der Waals surface area contributed by atoms with E-state index in [2.05, 4.69) is 24.1 Å². The van der Waals surface area contributed by atoms with Crippen LogP contribution in [0.4, 0.5) is 0 Å². The van der Waals surface area contributed by atoms with Crippen LogP contribution < -0.4 is 0 Å². The zero-order chi connectivity index (χ0) is 18.6. The van der Waals surface area contributed by atoms with E-state index in [1.54, 1.807) is 6.08 Å². The molecule has 0 spiro atoms. The maximum atomic E-state index is 10.4. The van der Waals surface area contributed by atoms with Crippen LogP contribution in [0.3, 0.4) is 0 Å². The van der Waals surface area contributed by atoms with Gasteiger partial charge in [-0.05, 0) is 38.5 Å². The Bertz CT molecular complexity index is 424. The van der Waals surface area contributed by atoms with Crippen molar-refractivity contribution >= 4 is 5.97 Å². The van der Waals surface area contributed by atoms with Crippen molar-refractivity contribution in [3.8, 4) is 0 Å². The highest BCUT2D eigenvalue weighted by atomic mass is 17.5. The van der Waals surface area contributed by atoms with E-state index in [0.29, 0.717) is 19.3 Å². The first-order chi connectivity index (χ1) is 12.2. The van der Waals surface area contributed by atoms with Crippen LogP contribution in [-0.4, -0.2) is 22.4 Å². The predicted molar refractivity (Wildman–Crippen MR) is 100 cm³/mol. The van der Waals surface area contributed by atoms with E-state index in [0.717, 1.165) is 12.8 Å². The van der Waals surface area contributed by atoms with Crippen molar-refractivity contribution in [3.05, 3.63) is 48.6 Å². The molecule has 2 N–H and O–H groups in total. The fourth-order valence-electron chi connectivity index (χ4n) is 2.07. The van der Waals surface area contributed by atoms with Gasteiger partial charge in [0.1, 0.15) is 6.10 Å². The molecule has 0 aliphatic heterocycles. The van der Waals surface area contributed by atoms with Crippen LogP contribution in [0.5, 0.6) is 0 Å². The minimum atomic E-state index is -0.784. The van der Waals surface area contributed by atoms with E-state index in [-0.39, 0.29) is 6.42 Å². The topological polar surface area (TPSA) is 76.0 Å². The molecular weight excluding hydrogens is 320 g/mol. The third-order valence-corrected chi connectivity index (χ3v) is 3.45. The molecule has 0 radical (unpaired) electrons. The molecule has 0 aromatic heterocycles. The van der Waals surface area contributed by atoms with Gasteiger partial charge in [-0.2, -0.15) is 4.89 Å². The number of unbranched alkanes of at least 4 members (excludes halogenated alkanes) is 4. The summed E-state index contributed by atoms with van der Waals surface area (Å²) in [5, 5.41) is 20.7. The first-order valence-corrected chi connectivity index (χ1v) is 9.02. The summed E-state index contributed by atoms with van der Waals surface area (Å²) < 4.78 is 0. The van der Waals surface area contributed by atoms with E-state index in [1.165, 1.54) is 19.3 Å². The Morgan fingerprint density at radius 2 is 1.76 bits per heavy atom. The van der Waals surface area contributed by atoms with Gasteiger partial charge in [0.25, 0.3) is 0 Å². The molecule has 0 unspecified atom stereocenters. The lowest BCUT2D eigenvalue weighted by molar-refractivity contribution is -0.500. The smallest absolute Gasteiger partial charge is 0.303 e. The molecule has 25 heavy (non-hydrogen) atoms.